The molecular formula is C5H8BrNO2. The Bertz CT molecular complexity index is 141. The molecular weight excluding hydrogens is 186 g/mol. The third-order valence-electron chi connectivity index (χ3n) is 0.885. The number of aliphatic hydroxyl groups is 1. The topological polar surface area (TPSA) is 37.2 Å². The van der Waals surface area contributed by atoms with Gasteiger partial charge in [-0.25, -0.2) is 0 Å². The monoisotopic (exact) mass is 193 g/mol. The summed E-state index contributed by atoms with van der Waals surface area (Å²) in [6.45, 7) is 0.765. The lowest BCUT2D eigenvalue weighted by Crippen LogP contribution is -3.00. The fourth-order valence-electron chi connectivity index (χ4n) is 0.504. The zero-order valence-corrected chi connectivity index (χ0v) is 6.41. The molecule has 9 heavy (non-hydrogen) atoms. The number of rotatable bonds is 2. The summed E-state index contributed by atoms with van der Waals surface area (Å²) in [5.74, 6) is 0. The molecule has 0 fully saturated rings. The van der Waals surface area contributed by atoms with Gasteiger partial charge in [0.25, 0.3) is 0 Å². The number of aromatic nitrogens is 1. The molecule has 0 unspecified atom stereocenters. The fourth-order valence-corrected chi connectivity index (χ4v) is 0.504. The summed E-state index contributed by atoms with van der Waals surface area (Å²) in [7, 11) is 0. The van der Waals surface area contributed by atoms with Crippen LogP contribution < -0.4 is 21.5 Å². The molecule has 52 valence electrons. The minimum atomic E-state index is 0. The second kappa shape index (κ2) is 4.52. The van der Waals surface area contributed by atoms with Crippen LogP contribution in [0.3, 0.4) is 0 Å². The SMILES string of the molecule is OCC[n+]1ccoc1.[Br-]. The van der Waals surface area contributed by atoms with Gasteiger partial charge in [0.2, 0.25) is 6.20 Å². The summed E-state index contributed by atoms with van der Waals surface area (Å²) in [6, 6.07) is 0. The van der Waals surface area contributed by atoms with E-state index in [1.54, 1.807) is 23.4 Å². The van der Waals surface area contributed by atoms with Crippen molar-refractivity contribution >= 4 is 0 Å². The van der Waals surface area contributed by atoms with Crippen LogP contribution in [0.4, 0.5) is 0 Å². The van der Waals surface area contributed by atoms with Crippen LogP contribution in [-0.2, 0) is 6.54 Å². The number of aliphatic hydroxyl groups excluding tert-OH is 1. The lowest BCUT2D eigenvalue weighted by Gasteiger charge is -1.80. The average molecular weight is 194 g/mol. The van der Waals surface area contributed by atoms with E-state index in [-0.39, 0.29) is 23.6 Å². The second-order valence-electron chi connectivity index (χ2n) is 1.49. The third-order valence-corrected chi connectivity index (χ3v) is 0.885. The van der Waals surface area contributed by atoms with E-state index >= 15 is 0 Å². The van der Waals surface area contributed by atoms with Crippen LogP contribution in [-0.4, -0.2) is 11.7 Å². The van der Waals surface area contributed by atoms with E-state index in [0.717, 1.165) is 0 Å². The summed E-state index contributed by atoms with van der Waals surface area (Å²) in [4.78, 5) is 0. The van der Waals surface area contributed by atoms with Crippen molar-refractivity contribution in [3.05, 3.63) is 18.9 Å². The molecule has 0 aliphatic heterocycles. The largest absolute Gasteiger partial charge is 1.00 e. The molecule has 1 aromatic rings. The minimum absolute atomic E-state index is 0. The second-order valence-corrected chi connectivity index (χ2v) is 1.49. The summed E-state index contributed by atoms with van der Waals surface area (Å²) in [6.07, 6.45) is 4.88. The summed E-state index contributed by atoms with van der Waals surface area (Å²) in [5.41, 5.74) is 0. The van der Waals surface area contributed by atoms with E-state index in [9.17, 15) is 0 Å². The van der Waals surface area contributed by atoms with Gasteiger partial charge in [0.15, 0.2) is 12.8 Å². The van der Waals surface area contributed by atoms with Crippen LogP contribution in [0.25, 0.3) is 0 Å². The summed E-state index contributed by atoms with van der Waals surface area (Å²) < 4.78 is 6.48. The zero-order chi connectivity index (χ0) is 5.82. The Morgan fingerprint density at radius 1 is 1.56 bits per heavy atom. The average Bonchev–Trinajstić information content (AvgIpc) is 2.19. The Balaban J connectivity index is 0.000000640. The van der Waals surface area contributed by atoms with Crippen LogP contribution in [0.15, 0.2) is 23.3 Å². The quantitative estimate of drug-likeness (QED) is 0.497. The van der Waals surface area contributed by atoms with Gasteiger partial charge in [0.1, 0.15) is 6.61 Å². The van der Waals surface area contributed by atoms with Crippen molar-refractivity contribution in [2.24, 2.45) is 0 Å². The Labute approximate surface area is 63.7 Å². The molecule has 0 saturated carbocycles. The number of halogens is 1. The minimum Gasteiger partial charge on any atom is -1.00 e. The lowest BCUT2D eigenvalue weighted by atomic mass is 10.7. The molecule has 0 radical (unpaired) electrons. The first-order valence-electron chi connectivity index (χ1n) is 2.45. The Kier molecular flexibility index (Phi) is 4.35. The van der Waals surface area contributed by atoms with Crippen LogP contribution in [0.2, 0.25) is 0 Å². The van der Waals surface area contributed by atoms with Crippen molar-refractivity contribution in [2.45, 2.75) is 6.54 Å². The molecule has 0 aliphatic carbocycles. The van der Waals surface area contributed by atoms with Gasteiger partial charge in [-0.1, -0.05) is 0 Å². The summed E-state index contributed by atoms with van der Waals surface area (Å²) >= 11 is 0. The number of hydrogen-bond donors (Lipinski definition) is 1. The van der Waals surface area contributed by atoms with Crippen LogP contribution in [0, 0.1) is 0 Å². The smallest absolute Gasteiger partial charge is 0.334 e. The van der Waals surface area contributed by atoms with E-state index in [1.165, 1.54) is 0 Å². The first-order chi connectivity index (χ1) is 3.93. The molecule has 4 heteroatoms. The highest BCUT2D eigenvalue weighted by Gasteiger charge is 1.95. The fraction of sp³-hybridized carbons (Fsp3) is 0.400. The molecule has 0 aliphatic rings. The maximum atomic E-state index is 8.38. The van der Waals surface area contributed by atoms with Gasteiger partial charge < -0.3 is 26.5 Å². The third kappa shape index (κ3) is 2.62. The lowest BCUT2D eigenvalue weighted by molar-refractivity contribution is -0.700. The van der Waals surface area contributed by atoms with Crippen LogP contribution >= 0.6 is 0 Å². The zero-order valence-electron chi connectivity index (χ0n) is 4.83. The van der Waals surface area contributed by atoms with E-state index < -0.39 is 0 Å². The molecule has 1 rings (SSSR count). The van der Waals surface area contributed by atoms with Gasteiger partial charge in [-0.15, -0.1) is 0 Å². The van der Waals surface area contributed by atoms with Gasteiger partial charge in [0, 0.05) is 0 Å². The normalized spacial score (nSPS) is 8.56. The van der Waals surface area contributed by atoms with E-state index in [1.807, 2.05) is 0 Å². The standard InChI is InChI=1S/C5H8NO2.BrH/c7-3-1-6-2-4-8-5-6;/h2,4-5,7H,1,3H2;1H/q+1;/p-1. The van der Waals surface area contributed by atoms with Gasteiger partial charge >= 0.3 is 6.39 Å². The Morgan fingerprint density at radius 2 is 2.33 bits per heavy atom. The molecule has 3 nitrogen and oxygen atoms in total. The molecule has 0 bridgehead atoms. The van der Waals surface area contributed by atoms with Crippen molar-refractivity contribution in [2.75, 3.05) is 6.61 Å². The molecule has 0 atom stereocenters. The number of hydrogen-bond acceptors (Lipinski definition) is 2. The molecule has 0 aromatic carbocycles. The Morgan fingerprint density at radius 3 is 2.78 bits per heavy atom. The van der Waals surface area contributed by atoms with Gasteiger partial charge in [-0.2, -0.15) is 4.57 Å². The van der Waals surface area contributed by atoms with Crippen molar-refractivity contribution in [1.82, 2.24) is 0 Å². The molecule has 0 spiro atoms. The molecule has 1 heterocycles. The van der Waals surface area contributed by atoms with Gasteiger partial charge in [-0.3, -0.25) is 0 Å². The van der Waals surface area contributed by atoms with Crippen LogP contribution in [0.5, 0.6) is 0 Å². The number of oxazole rings is 1. The summed E-state index contributed by atoms with van der Waals surface area (Å²) in [5, 5.41) is 8.38. The first-order valence-corrected chi connectivity index (χ1v) is 2.45. The number of nitrogens with zero attached hydrogens (tertiary/aromatic N) is 1. The highest BCUT2D eigenvalue weighted by atomic mass is 79.9. The highest BCUT2D eigenvalue weighted by Crippen LogP contribution is 1.73. The highest BCUT2D eigenvalue weighted by molar-refractivity contribution is 4.46. The predicted molar refractivity (Wildman–Crippen MR) is 26.0 cm³/mol. The van der Waals surface area contributed by atoms with E-state index in [0.29, 0.717) is 6.54 Å². The maximum Gasteiger partial charge on any atom is 0.334 e. The molecule has 0 saturated heterocycles. The van der Waals surface area contributed by atoms with E-state index in [4.69, 9.17) is 9.52 Å². The predicted octanol–water partition coefficient (Wildman–Crippen LogP) is -3.44. The van der Waals surface area contributed by atoms with Gasteiger partial charge in [0.05, 0.1) is 0 Å². The molecule has 0 amide bonds. The van der Waals surface area contributed by atoms with Crippen molar-refractivity contribution in [3.8, 4) is 0 Å². The Hall–Kier alpha value is -0.350. The van der Waals surface area contributed by atoms with Crippen molar-refractivity contribution in [3.63, 3.8) is 0 Å². The molecule has 1 aromatic heterocycles. The van der Waals surface area contributed by atoms with Crippen molar-refractivity contribution < 1.29 is 31.1 Å². The molecule has 1 N–H and O–H groups in total. The van der Waals surface area contributed by atoms with Crippen molar-refractivity contribution in [1.29, 1.82) is 0 Å². The first kappa shape index (κ1) is 8.65. The van der Waals surface area contributed by atoms with Gasteiger partial charge in [-0.05, 0) is 0 Å². The van der Waals surface area contributed by atoms with Crippen LogP contribution in [0.1, 0.15) is 0 Å². The maximum absolute atomic E-state index is 8.38. The van der Waals surface area contributed by atoms with E-state index in [2.05, 4.69) is 0 Å².